The van der Waals surface area contributed by atoms with Crippen molar-refractivity contribution in [2.24, 2.45) is 0 Å². The van der Waals surface area contributed by atoms with Crippen LogP contribution in [0, 0.1) is 0 Å². The van der Waals surface area contributed by atoms with Crippen LogP contribution in [0.4, 0.5) is 18.0 Å². The molecular formula is C23H31F3N4O2. The van der Waals surface area contributed by atoms with Gasteiger partial charge in [0, 0.05) is 13.1 Å². The first-order valence-electron chi connectivity index (χ1n) is 11.1. The third-order valence-corrected chi connectivity index (χ3v) is 6.49. The summed E-state index contributed by atoms with van der Waals surface area (Å²) in [5.74, 6) is -0.316. The van der Waals surface area contributed by atoms with Crippen molar-refractivity contribution in [1.82, 2.24) is 20.0 Å². The fourth-order valence-electron chi connectivity index (χ4n) is 4.49. The summed E-state index contributed by atoms with van der Waals surface area (Å²) in [5.41, 5.74) is -0.269. The minimum Gasteiger partial charge on any atom is -0.330 e. The number of halogens is 3. The molecule has 6 nitrogen and oxygen atoms in total. The lowest BCUT2D eigenvalue weighted by Gasteiger charge is -2.32. The summed E-state index contributed by atoms with van der Waals surface area (Å²) in [7, 11) is 1.54. The Bertz CT molecular complexity index is 895. The Morgan fingerprint density at radius 2 is 1.84 bits per heavy atom. The molecule has 0 aliphatic carbocycles. The van der Waals surface area contributed by atoms with E-state index >= 15 is 0 Å². The maximum atomic E-state index is 13.6. The van der Waals surface area contributed by atoms with Crippen LogP contribution in [0.3, 0.4) is 0 Å². The molecule has 2 unspecified atom stereocenters. The number of carbonyl (C=O) groups is 2. The highest BCUT2D eigenvalue weighted by molar-refractivity contribution is 6.01. The van der Waals surface area contributed by atoms with E-state index in [4.69, 9.17) is 0 Å². The average Bonchev–Trinajstić information content (AvgIpc) is 3.11. The molecule has 32 heavy (non-hydrogen) atoms. The largest absolute Gasteiger partial charge is 0.416 e. The second-order valence-corrected chi connectivity index (χ2v) is 8.34. The molecule has 0 bridgehead atoms. The first-order valence-corrected chi connectivity index (χ1v) is 11.1. The summed E-state index contributed by atoms with van der Waals surface area (Å²) >= 11 is 0. The number of nitrogens with zero attached hydrogens (tertiary/aromatic N) is 3. The number of amides is 3. The zero-order valence-corrected chi connectivity index (χ0v) is 19.0. The van der Waals surface area contributed by atoms with Crippen molar-refractivity contribution in [3.05, 3.63) is 46.7 Å². The molecule has 0 saturated carbocycles. The lowest BCUT2D eigenvalue weighted by Crippen LogP contribution is -2.45. The van der Waals surface area contributed by atoms with E-state index in [-0.39, 0.29) is 29.6 Å². The normalized spacial score (nSPS) is 20.2. The van der Waals surface area contributed by atoms with Crippen LogP contribution in [-0.2, 0) is 11.0 Å². The zero-order valence-electron chi connectivity index (χ0n) is 19.0. The summed E-state index contributed by atoms with van der Waals surface area (Å²) in [6, 6.07) is 3.36. The van der Waals surface area contributed by atoms with Crippen LogP contribution < -0.4 is 5.32 Å². The average molecular weight is 453 g/mol. The SMILES string of the molecule is CCN(CC)CCCC(C)N1CC2=C(C1=O)C(c1ccccc1C(F)(F)F)NC(=O)N2C. The van der Waals surface area contributed by atoms with Crippen molar-refractivity contribution >= 4 is 11.9 Å². The van der Waals surface area contributed by atoms with Crippen molar-refractivity contribution in [2.75, 3.05) is 33.2 Å². The Morgan fingerprint density at radius 1 is 1.19 bits per heavy atom. The van der Waals surface area contributed by atoms with Crippen molar-refractivity contribution in [3.8, 4) is 0 Å². The predicted octanol–water partition coefficient (Wildman–Crippen LogP) is 4.01. The van der Waals surface area contributed by atoms with Gasteiger partial charge in [0.05, 0.1) is 29.4 Å². The summed E-state index contributed by atoms with van der Waals surface area (Å²) in [6.07, 6.45) is -2.91. The van der Waals surface area contributed by atoms with Crippen LogP contribution in [0.1, 0.15) is 50.8 Å². The van der Waals surface area contributed by atoms with E-state index in [1.54, 1.807) is 11.9 Å². The number of alkyl halides is 3. The van der Waals surface area contributed by atoms with Gasteiger partial charge < -0.3 is 15.1 Å². The van der Waals surface area contributed by atoms with E-state index in [2.05, 4.69) is 24.1 Å². The number of hydrogen-bond acceptors (Lipinski definition) is 3. The number of rotatable bonds is 8. The quantitative estimate of drug-likeness (QED) is 0.649. The second-order valence-electron chi connectivity index (χ2n) is 8.34. The second kappa shape index (κ2) is 9.52. The fourth-order valence-corrected chi connectivity index (χ4v) is 4.49. The van der Waals surface area contributed by atoms with Gasteiger partial charge in [0.1, 0.15) is 0 Å². The molecule has 2 atom stereocenters. The van der Waals surface area contributed by atoms with Crippen LogP contribution in [0.25, 0.3) is 0 Å². The molecule has 9 heteroatoms. The maximum absolute atomic E-state index is 13.6. The number of hydrogen-bond donors (Lipinski definition) is 1. The molecule has 1 aromatic carbocycles. The van der Waals surface area contributed by atoms with Gasteiger partial charge in [0.2, 0.25) is 0 Å². The van der Waals surface area contributed by atoms with E-state index in [0.717, 1.165) is 38.5 Å². The number of nitrogens with one attached hydrogen (secondary N) is 1. The molecule has 0 spiro atoms. The van der Waals surface area contributed by atoms with E-state index < -0.39 is 23.8 Å². The Hall–Kier alpha value is -2.55. The molecular weight excluding hydrogens is 421 g/mol. The monoisotopic (exact) mass is 452 g/mol. The van der Waals surface area contributed by atoms with Gasteiger partial charge >= 0.3 is 12.2 Å². The summed E-state index contributed by atoms with van der Waals surface area (Å²) in [4.78, 5) is 31.2. The third-order valence-electron chi connectivity index (χ3n) is 6.49. The first-order chi connectivity index (χ1) is 15.1. The van der Waals surface area contributed by atoms with Crippen LogP contribution in [0.2, 0.25) is 0 Å². The molecule has 2 aliphatic heterocycles. The molecule has 2 aliphatic rings. The first kappa shape index (κ1) is 24.1. The minimum absolute atomic E-state index is 0.0920. The van der Waals surface area contributed by atoms with Crippen molar-refractivity contribution < 1.29 is 22.8 Å². The van der Waals surface area contributed by atoms with Crippen LogP contribution >= 0.6 is 0 Å². The van der Waals surface area contributed by atoms with Gasteiger partial charge in [-0.15, -0.1) is 0 Å². The van der Waals surface area contributed by atoms with Gasteiger partial charge in [-0.2, -0.15) is 13.2 Å². The zero-order chi connectivity index (χ0) is 23.6. The lowest BCUT2D eigenvalue weighted by atomic mass is 9.91. The summed E-state index contributed by atoms with van der Waals surface area (Å²) in [5, 5.41) is 2.60. The lowest BCUT2D eigenvalue weighted by molar-refractivity contribution is -0.138. The van der Waals surface area contributed by atoms with Crippen LogP contribution in [0.15, 0.2) is 35.5 Å². The highest BCUT2D eigenvalue weighted by Gasteiger charge is 2.46. The van der Waals surface area contributed by atoms with Gasteiger partial charge in [-0.25, -0.2) is 4.79 Å². The molecule has 0 radical (unpaired) electrons. The van der Waals surface area contributed by atoms with E-state index in [1.165, 1.54) is 23.1 Å². The van der Waals surface area contributed by atoms with E-state index in [1.807, 2.05) is 6.92 Å². The molecule has 0 fully saturated rings. The number of urea groups is 1. The maximum Gasteiger partial charge on any atom is 0.416 e. The molecule has 176 valence electrons. The van der Waals surface area contributed by atoms with Gasteiger partial charge in [-0.1, -0.05) is 32.0 Å². The Morgan fingerprint density at radius 3 is 2.47 bits per heavy atom. The fraction of sp³-hybridized carbons (Fsp3) is 0.565. The number of benzene rings is 1. The number of carbonyl (C=O) groups excluding carboxylic acids is 2. The molecule has 0 aromatic heterocycles. The Kier molecular flexibility index (Phi) is 7.17. The number of likely N-dealkylation sites (N-methyl/N-ethyl adjacent to an activating group) is 1. The van der Waals surface area contributed by atoms with Crippen molar-refractivity contribution in [2.45, 2.75) is 51.9 Å². The molecule has 2 heterocycles. The van der Waals surface area contributed by atoms with Gasteiger partial charge in [0.25, 0.3) is 5.91 Å². The predicted molar refractivity (Wildman–Crippen MR) is 116 cm³/mol. The summed E-state index contributed by atoms with van der Waals surface area (Å²) in [6.45, 7) is 9.22. The van der Waals surface area contributed by atoms with E-state index in [0.29, 0.717) is 5.70 Å². The molecule has 3 amide bonds. The third kappa shape index (κ3) is 4.62. The van der Waals surface area contributed by atoms with Crippen LogP contribution in [-0.4, -0.2) is 65.9 Å². The van der Waals surface area contributed by atoms with Gasteiger partial charge in [-0.3, -0.25) is 9.69 Å². The molecule has 1 aromatic rings. The smallest absolute Gasteiger partial charge is 0.330 e. The highest BCUT2D eigenvalue weighted by atomic mass is 19.4. The van der Waals surface area contributed by atoms with Gasteiger partial charge in [-0.05, 0) is 51.0 Å². The summed E-state index contributed by atoms with van der Waals surface area (Å²) < 4.78 is 40.9. The van der Waals surface area contributed by atoms with Crippen molar-refractivity contribution in [1.29, 1.82) is 0 Å². The van der Waals surface area contributed by atoms with E-state index in [9.17, 15) is 22.8 Å². The minimum atomic E-state index is -4.59. The van der Waals surface area contributed by atoms with Crippen molar-refractivity contribution in [3.63, 3.8) is 0 Å². The Balaban J connectivity index is 1.86. The highest BCUT2D eigenvalue weighted by Crippen LogP contribution is 2.41. The molecule has 0 saturated heterocycles. The Labute approximate surface area is 187 Å². The molecule has 3 rings (SSSR count). The van der Waals surface area contributed by atoms with Crippen LogP contribution in [0.5, 0.6) is 0 Å². The topological polar surface area (TPSA) is 55.9 Å². The molecule has 1 N–H and O–H groups in total. The standard InChI is InChI=1S/C23H31F3N4O2/c1-5-29(6-2)13-9-10-15(3)30-14-18-19(21(30)31)20(27-22(32)28(18)4)16-11-7-8-12-17(16)23(24,25)26/h7-8,11-12,15,20H,5-6,9-10,13-14H2,1-4H3,(H,27,32). The van der Waals surface area contributed by atoms with Gasteiger partial charge in [0.15, 0.2) is 0 Å².